The van der Waals surface area contributed by atoms with Crippen LogP contribution in [0.3, 0.4) is 0 Å². The molecule has 6 heteroatoms. The minimum Gasteiger partial charge on any atom is -0.348 e. The molecule has 182 valence electrons. The quantitative estimate of drug-likeness (QED) is 0.437. The van der Waals surface area contributed by atoms with Gasteiger partial charge in [-0.3, -0.25) is 9.36 Å². The maximum absolute atomic E-state index is 13.1. The van der Waals surface area contributed by atoms with Crippen molar-refractivity contribution in [3.8, 4) is 5.69 Å². The van der Waals surface area contributed by atoms with Crippen LogP contribution in [0.15, 0.2) is 41.2 Å². The molecule has 5 nitrogen and oxygen atoms in total. The van der Waals surface area contributed by atoms with Gasteiger partial charge in [0.2, 0.25) is 0 Å². The van der Waals surface area contributed by atoms with E-state index in [9.17, 15) is 4.79 Å². The summed E-state index contributed by atoms with van der Waals surface area (Å²) < 4.78 is 14.1. The molecule has 3 fully saturated rings. The fourth-order valence-corrected chi connectivity index (χ4v) is 7.54. The summed E-state index contributed by atoms with van der Waals surface area (Å²) in [6.07, 6.45) is 11.0. The molecule has 1 saturated heterocycles. The summed E-state index contributed by atoms with van der Waals surface area (Å²) >= 11 is 6.48. The van der Waals surface area contributed by atoms with Crippen molar-refractivity contribution < 1.29 is 9.47 Å². The second-order valence-corrected chi connectivity index (χ2v) is 11.4. The zero-order chi connectivity index (χ0) is 23.6. The number of fused-ring (bicyclic) bond motifs is 7. The molecule has 2 aromatic carbocycles. The van der Waals surface area contributed by atoms with E-state index in [1.54, 1.807) is 6.07 Å². The van der Waals surface area contributed by atoms with Gasteiger partial charge in [-0.15, -0.1) is 0 Å². The maximum Gasteiger partial charge on any atom is 0.282 e. The van der Waals surface area contributed by atoms with E-state index < -0.39 is 0 Å². The monoisotopic (exact) mass is 490 g/mol. The van der Waals surface area contributed by atoms with Crippen molar-refractivity contribution in [3.63, 3.8) is 0 Å². The van der Waals surface area contributed by atoms with Gasteiger partial charge in [-0.25, -0.2) is 0 Å². The van der Waals surface area contributed by atoms with Crippen LogP contribution in [0.5, 0.6) is 0 Å². The van der Waals surface area contributed by atoms with Gasteiger partial charge >= 0.3 is 0 Å². The van der Waals surface area contributed by atoms with E-state index in [4.69, 9.17) is 26.1 Å². The van der Waals surface area contributed by atoms with Gasteiger partial charge in [0.25, 0.3) is 5.56 Å². The third-order valence-electron chi connectivity index (χ3n) is 9.02. The highest BCUT2D eigenvalue weighted by atomic mass is 35.5. The lowest BCUT2D eigenvalue weighted by Crippen LogP contribution is -2.35. The molecule has 0 N–H and O–H groups in total. The average molecular weight is 491 g/mol. The van der Waals surface area contributed by atoms with Crippen molar-refractivity contribution >= 4 is 22.5 Å². The summed E-state index contributed by atoms with van der Waals surface area (Å²) in [5.74, 6) is 1.26. The smallest absolute Gasteiger partial charge is 0.282 e. The lowest BCUT2D eigenvalue weighted by atomic mass is 9.69. The standard InChI is InChI=1S/C29H31ClN2O3/c30-22-5-4-6-24-25(22)26(33)31-27-28(11-2-1-3-12-28)21-18-20(7-8-23(21)32(24)27)17-19-9-13-29(14-10-19)34-15-16-35-29/h4-8,18-19H,1-3,9-17H2. The molecule has 4 aliphatic rings. The Labute approximate surface area is 210 Å². The third-order valence-corrected chi connectivity index (χ3v) is 9.34. The molecule has 0 atom stereocenters. The van der Waals surface area contributed by atoms with Gasteiger partial charge in [0.15, 0.2) is 5.79 Å². The van der Waals surface area contributed by atoms with Gasteiger partial charge in [-0.2, -0.15) is 4.98 Å². The number of rotatable bonds is 2. The van der Waals surface area contributed by atoms with E-state index in [1.807, 2.05) is 12.1 Å². The van der Waals surface area contributed by atoms with Crippen LogP contribution in [0.1, 0.15) is 74.7 Å². The van der Waals surface area contributed by atoms with Gasteiger partial charge in [0.1, 0.15) is 5.82 Å². The summed E-state index contributed by atoms with van der Waals surface area (Å²) in [5, 5.41) is 0.997. The normalized spacial score (nSPS) is 22.7. The van der Waals surface area contributed by atoms with Crippen molar-refractivity contribution in [1.29, 1.82) is 0 Å². The molecular formula is C29H31ClN2O3. The first-order valence-electron chi connectivity index (χ1n) is 13.2. The Balaban J connectivity index is 1.29. The van der Waals surface area contributed by atoms with Crippen LogP contribution in [-0.4, -0.2) is 28.6 Å². The van der Waals surface area contributed by atoms with E-state index in [0.29, 0.717) is 16.3 Å². The van der Waals surface area contributed by atoms with Crippen LogP contribution in [0.25, 0.3) is 16.6 Å². The molecule has 0 bridgehead atoms. The molecule has 7 rings (SSSR count). The van der Waals surface area contributed by atoms with Crippen LogP contribution >= 0.6 is 11.6 Å². The van der Waals surface area contributed by atoms with E-state index in [2.05, 4.69) is 22.8 Å². The summed E-state index contributed by atoms with van der Waals surface area (Å²) in [6, 6.07) is 12.7. The third kappa shape index (κ3) is 3.35. The van der Waals surface area contributed by atoms with Gasteiger partial charge in [-0.05, 0) is 67.3 Å². The predicted molar refractivity (Wildman–Crippen MR) is 137 cm³/mol. The lowest BCUT2D eigenvalue weighted by molar-refractivity contribution is -0.182. The number of nitrogens with zero attached hydrogens (tertiary/aromatic N) is 2. The molecule has 0 radical (unpaired) electrons. The Kier molecular flexibility index (Phi) is 5.13. The van der Waals surface area contributed by atoms with Crippen molar-refractivity contribution in [3.05, 3.63) is 68.7 Å². The molecule has 2 saturated carbocycles. The number of aromatic nitrogens is 2. The first-order chi connectivity index (χ1) is 17.1. The number of halogens is 1. The molecule has 2 aliphatic heterocycles. The Morgan fingerprint density at radius 1 is 1.00 bits per heavy atom. The Morgan fingerprint density at radius 3 is 2.54 bits per heavy atom. The van der Waals surface area contributed by atoms with Crippen LogP contribution in [0.4, 0.5) is 0 Å². The lowest BCUT2D eigenvalue weighted by Gasteiger charge is -2.36. The van der Waals surface area contributed by atoms with Crippen LogP contribution in [-0.2, 0) is 21.3 Å². The SMILES string of the molecule is O=c1nc2n(c3cccc(Cl)c13)-c1ccc(CC3CCC4(CC3)OCCO4)cc1C21CCCCC1. The van der Waals surface area contributed by atoms with Crippen molar-refractivity contribution in [2.24, 2.45) is 5.92 Å². The zero-order valence-corrected chi connectivity index (χ0v) is 20.8. The summed E-state index contributed by atoms with van der Waals surface area (Å²) in [7, 11) is 0. The van der Waals surface area contributed by atoms with Gasteiger partial charge < -0.3 is 9.47 Å². The molecule has 0 unspecified atom stereocenters. The van der Waals surface area contributed by atoms with Gasteiger partial charge in [-0.1, -0.05) is 49.1 Å². The van der Waals surface area contributed by atoms with E-state index >= 15 is 0 Å². The van der Waals surface area contributed by atoms with Gasteiger partial charge in [0, 0.05) is 12.8 Å². The minimum atomic E-state index is -0.303. The molecule has 3 heterocycles. The van der Waals surface area contributed by atoms with Crippen LogP contribution in [0, 0.1) is 5.92 Å². The number of hydrogen-bond acceptors (Lipinski definition) is 4. The number of hydrogen-bond donors (Lipinski definition) is 0. The van der Waals surface area contributed by atoms with Crippen molar-refractivity contribution in [1.82, 2.24) is 9.55 Å². The summed E-state index contributed by atoms with van der Waals surface area (Å²) in [6.45, 7) is 1.46. The molecule has 2 aliphatic carbocycles. The van der Waals surface area contributed by atoms with E-state index in [-0.39, 0.29) is 16.8 Å². The van der Waals surface area contributed by atoms with E-state index in [0.717, 1.165) is 82.3 Å². The Hall–Kier alpha value is -2.21. The minimum absolute atomic E-state index is 0.179. The molecule has 3 aromatic rings. The highest BCUT2D eigenvalue weighted by Crippen LogP contribution is 2.52. The second kappa shape index (κ2) is 8.16. The van der Waals surface area contributed by atoms with Crippen LogP contribution in [0.2, 0.25) is 5.02 Å². The predicted octanol–water partition coefficient (Wildman–Crippen LogP) is 6.08. The van der Waals surface area contributed by atoms with Crippen molar-refractivity contribution in [2.75, 3.05) is 13.2 Å². The molecule has 0 amide bonds. The molecule has 1 aromatic heterocycles. The summed E-state index contributed by atoms with van der Waals surface area (Å²) in [4.78, 5) is 17.9. The van der Waals surface area contributed by atoms with E-state index in [1.165, 1.54) is 23.2 Å². The highest BCUT2D eigenvalue weighted by molar-refractivity contribution is 6.35. The fourth-order valence-electron chi connectivity index (χ4n) is 7.29. The molecular weight excluding hydrogens is 460 g/mol. The molecule has 2 spiro atoms. The average Bonchev–Trinajstić information content (AvgIpc) is 3.43. The number of benzene rings is 2. The Bertz CT molecular complexity index is 1360. The van der Waals surface area contributed by atoms with Crippen LogP contribution < -0.4 is 5.56 Å². The topological polar surface area (TPSA) is 53.4 Å². The fraction of sp³-hybridized carbons (Fsp3) is 0.517. The zero-order valence-electron chi connectivity index (χ0n) is 20.0. The first-order valence-corrected chi connectivity index (χ1v) is 13.6. The number of ether oxygens (including phenoxy) is 2. The van der Waals surface area contributed by atoms with Crippen molar-refractivity contribution in [2.45, 2.75) is 75.4 Å². The molecule has 35 heavy (non-hydrogen) atoms. The summed E-state index contributed by atoms with van der Waals surface area (Å²) in [5.41, 5.74) is 4.40. The highest BCUT2D eigenvalue weighted by Gasteiger charge is 2.47. The Morgan fingerprint density at radius 2 is 1.77 bits per heavy atom. The second-order valence-electron chi connectivity index (χ2n) is 11.0. The van der Waals surface area contributed by atoms with Gasteiger partial charge in [0.05, 0.1) is 40.2 Å². The first kappa shape index (κ1) is 22.0. The largest absolute Gasteiger partial charge is 0.348 e. The maximum atomic E-state index is 13.1.